The molecule has 1 saturated carbocycles. The molecule has 4 fully saturated rings. The molecule has 3 aromatic heterocycles. The van der Waals surface area contributed by atoms with Crippen molar-refractivity contribution < 1.29 is 52.9 Å². The highest BCUT2D eigenvalue weighted by Gasteiger charge is 2.45. The van der Waals surface area contributed by atoms with Crippen LogP contribution < -0.4 is 53.2 Å². The molecular weight excluding hydrogens is 1160 g/mol. The van der Waals surface area contributed by atoms with Gasteiger partial charge in [-0.05, 0) is 93.0 Å². The van der Waals surface area contributed by atoms with Crippen molar-refractivity contribution in [3.63, 3.8) is 0 Å². The fourth-order valence-corrected chi connectivity index (χ4v) is 12.1. The van der Waals surface area contributed by atoms with E-state index in [1.165, 1.54) is 12.0 Å². The highest BCUT2D eigenvalue weighted by Crippen LogP contribution is 2.44. The molecule has 0 radical (unpaired) electrons. The predicted octanol–water partition coefficient (Wildman–Crippen LogP) is 2.86. The minimum Gasteiger partial charge on any atom is -0.495 e. The third-order valence-electron chi connectivity index (χ3n) is 17.2. The molecule has 0 unspecified atom stereocenters. The van der Waals surface area contributed by atoms with Crippen molar-refractivity contribution in [1.82, 2.24) is 45.3 Å². The number of aliphatic carboxylic acids is 1. The van der Waals surface area contributed by atoms with Crippen molar-refractivity contribution in [2.75, 3.05) is 76.2 Å². The summed E-state index contributed by atoms with van der Waals surface area (Å²) in [5.74, 6) is 1.20. The number of anilines is 2. The number of nitrogens with two attached hydrogens (primary N) is 3. The lowest BCUT2D eigenvalue weighted by atomic mass is 9.87. The van der Waals surface area contributed by atoms with E-state index in [0.717, 1.165) is 78.6 Å². The SMILES string of the molecule is COc1ccc(C#CCNC2(C)CCN(C3CCN(c4nc([C@@](COCNC(=O)[C@@H](N)CC(N)=O)(OC5CC5)c5ccccc5)c5cc(-c6cn(C)c(=O)c7[nH]ccc67)ccc5n4)CC3)CC2)cc1N1CCC(=O)N(CNC(=O)[C@@H](CC(N)=O)CC(=O)O)C1=O. The molecule has 6 heterocycles. The van der Waals surface area contributed by atoms with Crippen LogP contribution in [0.4, 0.5) is 16.4 Å². The first-order chi connectivity index (χ1) is 43.2. The van der Waals surface area contributed by atoms with Gasteiger partial charge in [0.2, 0.25) is 35.5 Å². The molecule has 0 spiro atoms. The Bertz CT molecular complexity index is 3810. The van der Waals surface area contributed by atoms with Gasteiger partial charge < -0.3 is 71.8 Å². The maximum atomic E-state index is 13.8. The number of carboxylic acids is 1. The number of piperidine rings is 2. The van der Waals surface area contributed by atoms with Crippen LogP contribution in [-0.2, 0) is 50.9 Å². The molecule has 26 heteroatoms. The lowest BCUT2D eigenvalue weighted by Gasteiger charge is -2.45. The van der Waals surface area contributed by atoms with E-state index >= 15 is 0 Å². The minimum atomic E-state index is -1.32. The maximum absolute atomic E-state index is 13.8. The topological polar surface area (TPSA) is 358 Å². The summed E-state index contributed by atoms with van der Waals surface area (Å²) in [5.41, 5.74) is 20.1. The van der Waals surface area contributed by atoms with Crippen LogP contribution in [-0.4, -0.2) is 166 Å². The Hall–Kier alpha value is -9.26. The number of H-pyrrole nitrogens is 1. The molecule has 90 heavy (non-hydrogen) atoms. The monoisotopic (exact) mass is 1230 g/mol. The number of carbonyl (C=O) groups is 7. The number of methoxy groups -OCH3 is 1. The number of aryl methyl sites for hydroxylation is 1. The van der Waals surface area contributed by atoms with Crippen LogP contribution >= 0.6 is 0 Å². The number of nitrogens with one attached hydrogen (secondary N) is 4. The minimum absolute atomic E-state index is 0.0321. The van der Waals surface area contributed by atoms with Gasteiger partial charge in [0.15, 0.2) is 5.60 Å². The molecule has 7 amide bonds. The van der Waals surface area contributed by atoms with E-state index in [-0.39, 0.29) is 49.9 Å². The summed E-state index contributed by atoms with van der Waals surface area (Å²) in [6.45, 7) is 4.93. The average molecular weight is 1230 g/mol. The van der Waals surface area contributed by atoms with Gasteiger partial charge in [0.05, 0.1) is 68.1 Å². The third kappa shape index (κ3) is 14.6. The molecule has 11 N–H and O–H groups in total. The second kappa shape index (κ2) is 27.6. The fourth-order valence-electron chi connectivity index (χ4n) is 12.1. The van der Waals surface area contributed by atoms with Gasteiger partial charge in [-0.15, -0.1) is 0 Å². The molecule has 474 valence electrons. The van der Waals surface area contributed by atoms with Crippen LogP contribution in [0.5, 0.6) is 5.75 Å². The predicted molar refractivity (Wildman–Crippen MR) is 333 cm³/mol. The molecule has 3 atom stereocenters. The van der Waals surface area contributed by atoms with E-state index in [1.54, 1.807) is 36.0 Å². The third-order valence-corrected chi connectivity index (χ3v) is 17.2. The number of ether oxygens (including phenoxy) is 3. The Labute approximate surface area is 519 Å². The molecule has 3 saturated heterocycles. The molecule has 1 aliphatic carbocycles. The van der Waals surface area contributed by atoms with Crippen molar-refractivity contribution in [2.24, 2.45) is 30.2 Å². The second-order valence-electron chi connectivity index (χ2n) is 23.7. The van der Waals surface area contributed by atoms with Gasteiger partial charge in [0, 0.05) is 98.5 Å². The zero-order valence-electron chi connectivity index (χ0n) is 50.6. The first-order valence-electron chi connectivity index (χ1n) is 30.2. The number of rotatable bonds is 25. The molecule has 3 aliphatic heterocycles. The zero-order chi connectivity index (χ0) is 63.9. The van der Waals surface area contributed by atoms with Gasteiger partial charge in [-0.25, -0.2) is 19.7 Å². The van der Waals surface area contributed by atoms with E-state index in [4.69, 9.17) is 41.4 Å². The number of nitrogens with zero attached hydrogens (tertiary/aromatic N) is 7. The van der Waals surface area contributed by atoms with Crippen molar-refractivity contribution >= 4 is 75.0 Å². The van der Waals surface area contributed by atoms with Crippen molar-refractivity contribution in [3.05, 3.63) is 112 Å². The quantitative estimate of drug-likeness (QED) is 0.0232. The number of amides is 7. The van der Waals surface area contributed by atoms with Gasteiger partial charge in [0.25, 0.3) is 5.56 Å². The average Bonchev–Trinajstić information content (AvgIpc) is 1.09. The number of carboxylic acid groups (broad SMARTS) is 1. The van der Waals surface area contributed by atoms with E-state index in [9.17, 15) is 43.5 Å². The molecule has 3 aromatic carbocycles. The standard InChI is InChI=1S/C64H76N14O12/c1-63(71-23-7-8-39-11-16-51(88-3)50(30-39)77-27-20-54(81)78(62(77)87)37-69-58(84)41(32-52(66)79)33-55(82)83)21-28-75(29-22-63)43-18-25-76(26-19-43)61-72-49-15-12-40(47-35-74(2)60(86)56-45(47)17-24-68-56)31-46(49)57(73-61)64(90-44-13-14-44,42-9-5-4-6-10-42)36-89-38-70-59(85)48(65)34-53(67)80/h4-6,9-12,15-17,24,30-31,35,41,43-44,48,68,71H,13-14,18-23,25-29,32-34,36-38,65H2,1-3H3,(H2,66,79)(H2,67,80)(H,69,84)(H,70,85)(H,82,83)/t41-,48-,64-/m0/s1. The number of primary amides is 2. The molecular formula is C64H76N14O12. The summed E-state index contributed by atoms with van der Waals surface area (Å²) in [6, 6.07) is 21.3. The highest BCUT2D eigenvalue weighted by atomic mass is 16.6. The summed E-state index contributed by atoms with van der Waals surface area (Å²) in [4.78, 5) is 121. The molecule has 6 aromatic rings. The fraction of sp³-hybridized carbons (Fsp3) is 0.438. The van der Waals surface area contributed by atoms with Crippen molar-refractivity contribution in [2.45, 2.75) is 100 Å². The Morgan fingerprint density at radius 3 is 2.31 bits per heavy atom. The largest absolute Gasteiger partial charge is 0.495 e. The first kappa shape index (κ1) is 63.7. The van der Waals surface area contributed by atoms with Crippen LogP contribution in [0.15, 0.2) is 90.0 Å². The van der Waals surface area contributed by atoms with E-state index in [1.807, 2.05) is 60.8 Å². The molecule has 10 rings (SSSR count). The first-order valence-corrected chi connectivity index (χ1v) is 30.2. The van der Waals surface area contributed by atoms with E-state index in [2.05, 4.69) is 49.5 Å². The maximum Gasteiger partial charge on any atom is 0.332 e. The Balaban J connectivity index is 0.819. The number of urea groups is 1. The molecule has 4 aliphatic rings. The number of hydrogen-bond acceptors (Lipinski definition) is 17. The summed E-state index contributed by atoms with van der Waals surface area (Å²) < 4.78 is 20.7. The molecule has 26 nitrogen and oxygen atoms in total. The summed E-state index contributed by atoms with van der Waals surface area (Å²) in [6.07, 6.45) is 7.09. The van der Waals surface area contributed by atoms with Crippen LogP contribution in [0.2, 0.25) is 0 Å². The zero-order valence-corrected chi connectivity index (χ0v) is 50.6. The number of benzene rings is 3. The van der Waals surface area contributed by atoms with Crippen molar-refractivity contribution in [1.29, 1.82) is 0 Å². The highest BCUT2D eigenvalue weighted by molar-refractivity contribution is 6.07. The lowest BCUT2D eigenvalue weighted by molar-refractivity contribution is -0.142. The normalized spacial score (nSPS) is 17.7. The van der Waals surface area contributed by atoms with Crippen LogP contribution in [0.25, 0.3) is 32.9 Å². The Morgan fingerprint density at radius 2 is 1.61 bits per heavy atom. The van der Waals surface area contributed by atoms with Crippen LogP contribution in [0.3, 0.4) is 0 Å². The number of imide groups is 1. The number of pyridine rings is 1. The Morgan fingerprint density at radius 1 is 0.867 bits per heavy atom. The number of carbonyl (C=O) groups excluding carboxylic acids is 6. The van der Waals surface area contributed by atoms with Gasteiger partial charge in [-0.1, -0.05) is 48.2 Å². The number of aromatic amines is 1. The smallest absolute Gasteiger partial charge is 0.332 e. The summed E-state index contributed by atoms with van der Waals surface area (Å²) in [5, 5.41) is 19.5. The molecule has 0 bridgehead atoms. The van der Waals surface area contributed by atoms with Gasteiger partial charge in [-0.3, -0.25) is 38.5 Å². The van der Waals surface area contributed by atoms with E-state index < -0.39 is 78.6 Å². The van der Waals surface area contributed by atoms with Gasteiger partial charge in [-0.2, -0.15) is 0 Å². The van der Waals surface area contributed by atoms with E-state index in [0.29, 0.717) is 70.7 Å². The summed E-state index contributed by atoms with van der Waals surface area (Å²) in [7, 11) is 3.18. The number of aromatic nitrogens is 4. The number of hydrogen-bond donors (Lipinski definition) is 8. The van der Waals surface area contributed by atoms with Crippen LogP contribution in [0.1, 0.15) is 88.0 Å². The number of fused-ring (bicyclic) bond motifs is 2. The lowest BCUT2D eigenvalue weighted by Crippen LogP contribution is -2.56. The van der Waals surface area contributed by atoms with Crippen molar-refractivity contribution in [3.8, 4) is 28.7 Å². The summed E-state index contributed by atoms with van der Waals surface area (Å²) >= 11 is 0. The van der Waals surface area contributed by atoms with Crippen LogP contribution in [0, 0.1) is 17.8 Å². The van der Waals surface area contributed by atoms with Gasteiger partial charge in [0.1, 0.15) is 24.7 Å². The van der Waals surface area contributed by atoms with Gasteiger partial charge >= 0.3 is 12.0 Å². The number of likely N-dealkylation sites (tertiary alicyclic amines) is 1. The second-order valence-corrected chi connectivity index (χ2v) is 23.7. The Kier molecular flexibility index (Phi) is 19.6.